The molecule has 0 N–H and O–H groups in total. The van der Waals surface area contributed by atoms with E-state index >= 15 is 0 Å². The Kier molecular flexibility index (Phi) is 4.78. The molecule has 5 heteroatoms. The Balaban J connectivity index is 1.41. The van der Waals surface area contributed by atoms with Gasteiger partial charge in [0.25, 0.3) is 5.91 Å². The molecule has 1 aromatic carbocycles. The monoisotopic (exact) mass is 350 g/mol. The summed E-state index contributed by atoms with van der Waals surface area (Å²) in [6.07, 6.45) is 4.23. The maximum Gasteiger partial charge on any atom is 0.272 e. The predicted octanol–water partition coefficient (Wildman–Crippen LogP) is 2.95. The van der Waals surface area contributed by atoms with Gasteiger partial charge in [0.2, 0.25) is 0 Å². The lowest BCUT2D eigenvalue weighted by atomic mass is 10.2. The van der Waals surface area contributed by atoms with E-state index in [0.717, 1.165) is 45.0 Å². The van der Waals surface area contributed by atoms with Crippen LogP contribution in [0.4, 0.5) is 11.4 Å². The quantitative estimate of drug-likeness (QED) is 0.853. The first kappa shape index (κ1) is 16.9. The van der Waals surface area contributed by atoms with Crippen molar-refractivity contribution in [2.24, 2.45) is 0 Å². The molecule has 0 radical (unpaired) electrons. The lowest BCUT2D eigenvalue weighted by Gasteiger charge is -2.36. The van der Waals surface area contributed by atoms with Crippen molar-refractivity contribution in [1.29, 1.82) is 0 Å². The van der Waals surface area contributed by atoms with Gasteiger partial charge >= 0.3 is 0 Å². The van der Waals surface area contributed by atoms with Gasteiger partial charge in [-0.1, -0.05) is 12.1 Å². The van der Waals surface area contributed by atoms with Crippen molar-refractivity contribution < 1.29 is 4.79 Å². The van der Waals surface area contributed by atoms with Crippen molar-refractivity contribution >= 4 is 17.3 Å². The number of benzene rings is 1. The summed E-state index contributed by atoms with van der Waals surface area (Å²) in [4.78, 5) is 23.9. The number of aryl methyl sites for hydroxylation is 1. The molecule has 0 unspecified atom stereocenters. The molecule has 0 atom stereocenters. The highest BCUT2D eigenvalue weighted by molar-refractivity contribution is 5.93. The Hall–Kier alpha value is -2.56. The molecule has 0 aliphatic carbocycles. The highest BCUT2D eigenvalue weighted by Gasteiger charge is 2.24. The Bertz CT molecular complexity index is 777. The van der Waals surface area contributed by atoms with Crippen LogP contribution in [0.1, 0.15) is 28.9 Å². The lowest BCUT2D eigenvalue weighted by Crippen LogP contribution is -2.49. The van der Waals surface area contributed by atoms with E-state index in [1.807, 2.05) is 17.0 Å². The second-order valence-electron chi connectivity index (χ2n) is 7.21. The zero-order valence-electron chi connectivity index (χ0n) is 15.4. The summed E-state index contributed by atoms with van der Waals surface area (Å²) in [7, 11) is 0. The van der Waals surface area contributed by atoms with Crippen LogP contribution in [0.15, 0.2) is 42.6 Å². The molecule has 2 aromatic rings. The number of hydrogen-bond donors (Lipinski definition) is 0. The van der Waals surface area contributed by atoms with E-state index in [9.17, 15) is 4.79 Å². The van der Waals surface area contributed by atoms with Gasteiger partial charge in [0.15, 0.2) is 0 Å². The molecule has 2 fully saturated rings. The summed E-state index contributed by atoms with van der Waals surface area (Å²) in [6.45, 7) is 7.47. The Morgan fingerprint density at radius 3 is 2.31 bits per heavy atom. The van der Waals surface area contributed by atoms with E-state index in [0.29, 0.717) is 5.69 Å². The van der Waals surface area contributed by atoms with Crippen LogP contribution in [0.3, 0.4) is 0 Å². The van der Waals surface area contributed by atoms with Gasteiger partial charge in [-0.15, -0.1) is 0 Å². The Morgan fingerprint density at radius 2 is 1.58 bits per heavy atom. The van der Waals surface area contributed by atoms with Gasteiger partial charge in [0.05, 0.1) is 0 Å². The fourth-order valence-corrected chi connectivity index (χ4v) is 3.86. The van der Waals surface area contributed by atoms with Crippen molar-refractivity contribution in [3.8, 4) is 0 Å². The molecule has 26 heavy (non-hydrogen) atoms. The molecule has 0 spiro atoms. The number of hydrogen-bond acceptors (Lipinski definition) is 4. The fourth-order valence-electron chi connectivity index (χ4n) is 3.86. The van der Waals surface area contributed by atoms with Crippen molar-refractivity contribution in [2.75, 3.05) is 49.1 Å². The lowest BCUT2D eigenvalue weighted by molar-refractivity contribution is 0.0741. The van der Waals surface area contributed by atoms with Crippen LogP contribution in [0.25, 0.3) is 0 Å². The predicted molar refractivity (Wildman–Crippen MR) is 105 cm³/mol. The van der Waals surface area contributed by atoms with Crippen molar-refractivity contribution in [1.82, 2.24) is 9.88 Å². The topological polar surface area (TPSA) is 39.7 Å². The molecule has 0 bridgehead atoms. The summed E-state index contributed by atoms with van der Waals surface area (Å²) in [5.41, 5.74) is 4.20. The first-order valence-corrected chi connectivity index (χ1v) is 9.52. The van der Waals surface area contributed by atoms with Crippen LogP contribution in [-0.4, -0.2) is 55.1 Å². The van der Waals surface area contributed by atoms with Crippen molar-refractivity contribution in [2.45, 2.75) is 19.8 Å². The van der Waals surface area contributed by atoms with Gasteiger partial charge < -0.3 is 14.7 Å². The number of amides is 1. The van der Waals surface area contributed by atoms with Crippen LogP contribution >= 0.6 is 0 Å². The minimum atomic E-state index is 0.0509. The third kappa shape index (κ3) is 3.52. The van der Waals surface area contributed by atoms with E-state index in [4.69, 9.17) is 0 Å². The smallest absolute Gasteiger partial charge is 0.272 e. The molecule has 5 nitrogen and oxygen atoms in total. The summed E-state index contributed by atoms with van der Waals surface area (Å²) in [5, 5.41) is 0. The second kappa shape index (κ2) is 7.36. The maximum atomic E-state index is 12.9. The largest absolute Gasteiger partial charge is 0.371 e. The van der Waals surface area contributed by atoms with Gasteiger partial charge in [-0.3, -0.25) is 9.78 Å². The van der Waals surface area contributed by atoms with Crippen molar-refractivity contribution in [3.05, 3.63) is 53.9 Å². The third-order valence-electron chi connectivity index (χ3n) is 5.37. The number of aromatic nitrogens is 1. The number of carbonyl (C=O) groups is 1. The zero-order valence-corrected chi connectivity index (χ0v) is 15.4. The number of nitrogens with zero attached hydrogens (tertiary/aromatic N) is 4. The number of anilines is 2. The van der Waals surface area contributed by atoms with Gasteiger partial charge in [-0.05, 0) is 49.6 Å². The maximum absolute atomic E-state index is 12.9. The van der Waals surface area contributed by atoms with E-state index in [1.165, 1.54) is 24.1 Å². The van der Waals surface area contributed by atoms with Crippen LogP contribution in [0.2, 0.25) is 0 Å². The fraction of sp³-hybridized carbons (Fsp3) is 0.429. The molecule has 4 rings (SSSR count). The summed E-state index contributed by atoms with van der Waals surface area (Å²) < 4.78 is 0. The second-order valence-corrected chi connectivity index (χ2v) is 7.21. The molecule has 136 valence electrons. The molecular weight excluding hydrogens is 324 g/mol. The van der Waals surface area contributed by atoms with Crippen LogP contribution < -0.4 is 9.80 Å². The number of rotatable bonds is 3. The molecule has 2 aliphatic heterocycles. The molecule has 3 heterocycles. The first-order valence-electron chi connectivity index (χ1n) is 9.52. The van der Waals surface area contributed by atoms with Gasteiger partial charge in [0, 0.05) is 56.8 Å². The number of pyridine rings is 1. The summed E-state index contributed by atoms with van der Waals surface area (Å²) in [5.74, 6) is 0.0509. The first-order chi connectivity index (χ1) is 12.7. The normalized spacial score (nSPS) is 17.7. The van der Waals surface area contributed by atoms with Gasteiger partial charge in [0.1, 0.15) is 5.69 Å². The van der Waals surface area contributed by atoms with Crippen LogP contribution in [-0.2, 0) is 0 Å². The molecule has 2 saturated heterocycles. The van der Waals surface area contributed by atoms with Crippen LogP contribution in [0, 0.1) is 6.92 Å². The van der Waals surface area contributed by atoms with Crippen molar-refractivity contribution in [3.63, 3.8) is 0 Å². The zero-order chi connectivity index (χ0) is 17.9. The minimum absolute atomic E-state index is 0.0509. The number of piperazine rings is 1. The Morgan fingerprint density at radius 1 is 0.885 bits per heavy atom. The standard InChI is InChI=1S/C21H26N4O/c1-17-5-4-6-18(15-17)24-11-13-25(14-12-24)21(26)20-16-19(7-8-22-20)23-9-2-3-10-23/h4-8,15-16H,2-3,9-14H2,1H3. The summed E-state index contributed by atoms with van der Waals surface area (Å²) >= 11 is 0. The van der Waals surface area contributed by atoms with E-state index in [-0.39, 0.29) is 5.91 Å². The summed E-state index contributed by atoms with van der Waals surface area (Å²) in [6, 6.07) is 12.5. The molecule has 0 saturated carbocycles. The molecule has 1 amide bonds. The average Bonchev–Trinajstić information content (AvgIpc) is 3.23. The van der Waals surface area contributed by atoms with Gasteiger partial charge in [-0.25, -0.2) is 0 Å². The Labute approximate surface area is 155 Å². The van der Waals surface area contributed by atoms with Crippen LogP contribution in [0.5, 0.6) is 0 Å². The number of carbonyl (C=O) groups excluding carboxylic acids is 1. The SMILES string of the molecule is Cc1cccc(N2CCN(C(=O)c3cc(N4CCCC4)ccn3)CC2)c1. The highest BCUT2D eigenvalue weighted by atomic mass is 16.2. The van der Waals surface area contributed by atoms with E-state index < -0.39 is 0 Å². The van der Waals surface area contributed by atoms with E-state index in [2.05, 4.69) is 46.0 Å². The minimum Gasteiger partial charge on any atom is -0.371 e. The molecular formula is C21H26N4O. The molecule has 2 aliphatic rings. The third-order valence-corrected chi connectivity index (χ3v) is 5.37. The van der Waals surface area contributed by atoms with Gasteiger partial charge in [-0.2, -0.15) is 0 Å². The van der Waals surface area contributed by atoms with E-state index in [1.54, 1.807) is 6.20 Å². The highest BCUT2D eigenvalue weighted by Crippen LogP contribution is 2.22. The average molecular weight is 350 g/mol. The molecule has 1 aromatic heterocycles.